The maximum Gasteiger partial charge on any atom is 0.152 e. The number of aliphatic hydroxyl groups is 1. The molecule has 6 rings (SSSR count). The molecule has 0 amide bonds. The van der Waals surface area contributed by atoms with Crippen LogP contribution in [0.1, 0.15) is 77.8 Å². The zero-order chi connectivity index (χ0) is 23.6. The first kappa shape index (κ1) is 22.4. The van der Waals surface area contributed by atoms with Gasteiger partial charge in [0.1, 0.15) is 11.9 Å². The van der Waals surface area contributed by atoms with E-state index >= 15 is 0 Å². The van der Waals surface area contributed by atoms with Crippen LogP contribution in [0.15, 0.2) is 18.2 Å². The van der Waals surface area contributed by atoms with Crippen LogP contribution in [0.2, 0.25) is 0 Å². The van der Waals surface area contributed by atoms with Crippen LogP contribution in [-0.2, 0) is 11.2 Å². The number of phenolic OH excluding ortho intramolecular Hbond substituents is 1. The number of phenols is 1. The quantitative estimate of drug-likeness (QED) is 0.611. The van der Waals surface area contributed by atoms with Crippen molar-refractivity contribution in [2.24, 2.45) is 34.5 Å². The van der Waals surface area contributed by atoms with Crippen molar-refractivity contribution in [1.29, 1.82) is 0 Å². The van der Waals surface area contributed by atoms with Crippen LogP contribution in [-0.4, -0.2) is 45.1 Å². The van der Waals surface area contributed by atoms with E-state index in [1.807, 2.05) is 12.1 Å². The second-order valence-corrected chi connectivity index (χ2v) is 13.3. The monoisotopic (exact) mass is 453 g/mol. The summed E-state index contributed by atoms with van der Waals surface area (Å²) in [6.07, 6.45) is 6.46. The molecular formula is C29H43NO3. The number of hydrogen-bond donors (Lipinski definition) is 2. The summed E-state index contributed by atoms with van der Waals surface area (Å²) in [7, 11) is 0. The van der Waals surface area contributed by atoms with E-state index in [1.165, 1.54) is 17.5 Å². The topological polar surface area (TPSA) is 56.2 Å². The Morgan fingerprint density at radius 3 is 2.67 bits per heavy atom. The highest BCUT2D eigenvalue weighted by molar-refractivity contribution is 5.35. The molecule has 2 aliphatic carbocycles. The lowest BCUT2D eigenvalue weighted by Gasteiger charge is -2.56. The van der Waals surface area contributed by atoms with Crippen LogP contribution >= 0.6 is 0 Å². The Kier molecular flexibility index (Phi) is 4.59. The van der Waals surface area contributed by atoms with Crippen molar-refractivity contribution in [3.05, 3.63) is 29.3 Å². The van der Waals surface area contributed by atoms with Crippen molar-refractivity contribution in [3.63, 3.8) is 0 Å². The van der Waals surface area contributed by atoms with Crippen molar-refractivity contribution < 1.29 is 14.9 Å². The van der Waals surface area contributed by atoms with E-state index in [4.69, 9.17) is 4.74 Å². The number of aliphatic hydroxyl groups excluding tert-OH is 1. The van der Waals surface area contributed by atoms with E-state index in [9.17, 15) is 10.2 Å². The molecule has 5 fully saturated rings. The van der Waals surface area contributed by atoms with Gasteiger partial charge in [0.2, 0.25) is 0 Å². The second kappa shape index (κ2) is 6.77. The molecule has 4 nitrogen and oxygen atoms in total. The fourth-order valence-electron chi connectivity index (χ4n) is 10.3. The van der Waals surface area contributed by atoms with Gasteiger partial charge in [-0.15, -0.1) is 0 Å². The van der Waals surface area contributed by atoms with Crippen LogP contribution in [0.5, 0.6) is 5.75 Å². The van der Waals surface area contributed by atoms with Gasteiger partial charge in [-0.3, -0.25) is 4.90 Å². The van der Waals surface area contributed by atoms with Crippen LogP contribution in [0.4, 0.5) is 0 Å². The Bertz CT molecular complexity index is 980. The van der Waals surface area contributed by atoms with E-state index in [1.54, 1.807) is 6.07 Å². The maximum absolute atomic E-state index is 11.4. The van der Waals surface area contributed by atoms with Crippen molar-refractivity contribution in [2.45, 2.75) is 104 Å². The summed E-state index contributed by atoms with van der Waals surface area (Å²) in [5.74, 6) is 2.45. The Hall–Kier alpha value is -1.10. The van der Waals surface area contributed by atoms with E-state index in [2.05, 4.69) is 46.4 Å². The molecule has 3 saturated heterocycles. The van der Waals surface area contributed by atoms with Crippen LogP contribution in [0.25, 0.3) is 0 Å². The lowest BCUT2D eigenvalue weighted by atomic mass is 9.49. The number of nitrogens with zero attached hydrogens (tertiary/aromatic N) is 1. The van der Waals surface area contributed by atoms with Gasteiger partial charge in [0.05, 0.1) is 6.10 Å². The third-order valence-electron chi connectivity index (χ3n) is 11.7. The largest absolute Gasteiger partial charge is 0.508 e. The first-order valence-corrected chi connectivity index (χ1v) is 13.4. The molecule has 0 radical (unpaired) electrons. The minimum atomic E-state index is -0.238. The Morgan fingerprint density at radius 1 is 1.15 bits per heavy atom. The highest BCUT2D eigenvalue weighted by Gasteiger charge is 2.83. The van der Waals surface area contributed by atoms with Gasteiger partial charge in [-0.2, -0.15) is 0 Å². The van der Waals surface area contributed by atoms with Crippen LogP contribution in [0, 0.1) is 41.4 Å². The molecule has 1 spiro atoms. The molecule has 1 aromatic rings. The Morgan fingerprint density at radius 2 is 1.91 bits per heavy atom. The molecule has 0 bridgehead atoms. The van der Waals surface area contributed by atoms with Gasteiger partial charge in [0, 0.05) is 18.0 Å². The fraction of sp³-hybridized carbons (Fsp3) is 0.793. The molecule has 0 unspecified atom stereocenters. The molecule has 2 saturated carbocycles. The third-order valence-corrected chi connectivity index (χ3v) is 11.7. The lowest BCUT2D eigenvalue weighted by Crippen LogP contribution is -2.55. The third kappa shape index (κ3) is 2.64. The normalized spacial score (nSPS) is 52.7. The summed E-state index contributed by atoms with van der Waals surface area (Å²) in [6, 6.07) is 5.71. The predicted octanol–water partition coefficient (Wildman–Crippen LogP) is 5.28. The standard InChI is InChI=1S/C29H43NO3/c1-17-13-24-29(33-24)19(3)25-26(4)12-11-23(32)22(10-8-20-14-21(31)9-7-18(20)2)27(26,5)16-28(25,6)30(29)15-17/h7,9,14,17,19,22-25,31-32H,8,10-13,15-16H2,1-6H3/t17-,19-,22+,23-,24+,25+,26+,27-,28-,29+/m0/s1. The van der Waals surface area contributed by atoms with Gasteiger partial charge < -0.3 is 14.9 Å². The number of benzene rings is 1. The van der Waals surface area contributed by atoms with Crippen LogP contribution < -0.4 is 0 Å². The summed E-state index contributed by atoms with van der Waals surface area (Å²) < 4.78 is 6.56. The zero-order valence-corrected chi connectivity index (χ0v) is 21.4. The molecule has 2 N–H and O–H groups in total. The van der Waals surface area contributed by atoms with Gasteiger partial charge in [0.25, 0.3) is 0 Å². The summed E-state index contributed by atoms with van der Waals surface area (Å²) >= 11 is 0. The average molecular weight is 454 g/mol. The molecule has 10 atom stereocenters. The first-order chi connectivity index (χ1) is 15.5. The molecule has 33 heavy (non-hydrogen) atoms. The van der Waals surface area contributed by atoms with Crippen molar-refractivity contribution in [3.8, 4) is 5.75 Å². The van der Waals surface area contributed by atoms with Crippen molar-refractivity contribution in [1.82, 2.24) is 4.90 Å². The number of hydrogen-bond acceptors (Lipinski definition) is 4. The van der Waals surface area contributed by atoms with Gasteiger partial charge >= 0.3 is 0 Å². The lowest BCUT2D eigenvalue weighted by molar-refractivity contribution is -0.117. The van der Waals surface area contributed by atoms with Crippen molar-refractivity contribution >= 4 is 0 Å². The highest BCUT2D eigenvalue weighted by Crippen LogP contribution is 2.78. The van der Waals surface area contributed by atoms with E-state index in [-0.39, 0.29) is 34.1 Å². The number of piperidine rings is 1. The van der Waals surface area contributed by atoms with E-state index in [0.29, 0.717) is 29.6 Å². The molecule has 0 aromatic heterocycles. The summed E-state index contributed by atoms with van der Waals surface area (Å²) in [5.41, 5.74) is 2.86. The van der Waals surface area contributed by atoms with Crippen LogP contribution in [0.3, 0.4) is 0 Å². The van der Waals surface area contributed by atoms with E-state index in [0.717, 1.165) is 38.6 Å². The maximum atomic E-state index is 11.4. The number of aromatic hydroxyl groups is 1. The van der Waals surface area contributed by atoms with Gasteiger partial charge in [0.15, 0.2) is 5.72 Å². The van der Waals surface area contributed by atoms with Gasteiger partial charge in [-0.1, -0.05) is 33.8 Å². The molecule has 182 valence electrons. The number of epoxide rings is 1. The smallest absolute Gasteiger partial charge is 0.152 e. The molecule has 3 aliphatic heterocycles. The summed E-state index contributed by atoms with van der Waals surface area (Å²) in [6.45, 7) is 15.8. The van der Waals surface area contributed by atoms with Gasteiger partial charge in [-0.05, 0) is 104 Å². The number of ether oxygens (including phenoxy) is 1. The average Bonchev–Trinajstić information content (AvgIpc) is 3.39. The first-order valence-electron chi connectivity index (χ1n) is 13.4. The van der Waals surface area contributed by atoms with Crippen molar-refractivity contribution in [2.75, 3.05) is 6.54 Å². The molecule has 4 heteroatoms. The predicted molar refractivity (Wildman–Crippen MR) is 130 cm³/mol. The number of rotatable bonds is 3. The summed E-state index contributed by atoms with van der Waals surface area (Å²) in [4.78, 5) is 2.81. The highest BCUT2D eigenvalue weighted by atomic mass is 16.6. The molecule has 3 heterocycles. The molecule has 1 aromatic carbocycles. The Balaban J connectivity index is 1.35. The SMILES string of the molecule is Cc1ccc(O)cc1CC[C@@H]1[C@@H](O)CC[C@]2(C)[C@H]3[C@H](C)[C@@]45O[C@@H]4C[C@H](C)CN5[C@@]3(C)C[C@@]12C. The van der Waals surface area contributed by atoms with Gasteiger partial charge in [-0.25, -0.2) is 0 Å². The second-order valence-electron chi connectivity index (χ2n) is 13.3. The number of fused-ring (bicyclic) bond motifs is 4. The Labute approximate surface area is 199 Å². The molecule has 5 aliphatic rings. The number of aryl methyl sites for hydroxylation is 2. The minimum absolute atomic E-state index is 0.0134. The fourth-order valence-corrected chi connectivity index (χ4v) is 10.3. The minimum Gasteiger partial charge on any atom is -0.508 e. The zero-order valence-electron chi connectivity index (χ0n) is 21.4. The van der Waals surface area contributed by atoms with E-state index < -0.39 is 0 Å². The summed E-state index contributed by atoms with van der Waals surface area (Å²) in [5, 5.41) is 21.4. The molecular weight excluding hydrogens is 410 g/mol.